The molecule has 2 saturated carbocycles. The van der Waals surface area contributed by atoms with E-state index in [1.165, 1.54) is 36.1 Å². The highest BCUT2D eigenvalue weighted by atomic mass is 16.5. The molecule has 0 bridgehead atoms. The van der Waals surface area contributed by atoms with Gasteiger partial charge in [0.2, 0.25) is 0 Å². The number of rotatable bonds is 5. The summed E-state index contributed by atoms with van der Waals surface area (Å²) in [6.45, 7) is 0. The van der Waals surface area contributed by atoms with Crippen LogP contribution in [0.4, 0.5) is 0 Å². The SMILES string of the molecule is O=C(/C=C\C(=O)OC1CCCCC1)OC1CCCCC1.c1ccc(-c2ccccc2)cc1. The lowest BCUT2D eigenvalue weighted by molar-refractivity contribution is -0.147. The smallest absolute Gasteiger partial charge is 0.331 e. The van der Waals surface area contributed by atoms with Gasteiger partial charge in [-0.1, -0.05) is 73.5 Å². The summed E-state index contributed by atoms with van der Waals surface area (Å²) in [5.74, 6) is -0.866. The van der Waals surface area contributed by atoms with Gasteiger partial charge in [0.1, 0.15) is 12.2 Å². The van der Waals surface area contributed by atoms with Crippen LogP contribution in [0.15, 0.2) is 72.8 Å². The van der Waals surface area contributed by atoms with E-state index in [-0.39, 0.29) is 12.2 Å². The lowest BCUT2D eigenvalue weighted by Crippen LogP contribution is -2.21. The molecule has 170 valence electrons. The summed E-state index contributed by atoms with van der Waals surface area (Å²) in [4.78, 5) is 23.2. The molecule has 0 saturated heterocycles. The molecule has 4 nitrogen and oxygen atoms in total. The zero-order valence-electron chi connectivity index (χ0n) is 18.8. The Morgan fingerprint density at radius 3 is 1.25 bits per heavy atom. The van der Waals surface area contributed by atoms with Crippen molar-refractivity contribution in [1.29, 1.82) is 0 Å². The first kappa shape index (κ1) is 23.8. The predicted molar refractivity (Wildman–Crippen MR) is 127 cm³/mol. The first-order valence-electron chi connectivity index (χ1n) is 11.9. The van der Waals surface area contributed by atoms with Crippen LogP contribution in [-0.4, -0.2) is 24.1 Å². The maximum absolute atomic E-state index is 11.6. The van der Waals surface area contributed by atoms with Gasteiger partial charge in [-0.25, -0.2) is 9.59 Å². The molecule has 4 rings (SSSR count). The van der Waals surface area contributed by atoms with E-state index >= 15 is 0 Å². The van der Waals surface area contributed by atoms with Crippen molar-refractivity contribution >= 4 is 11.9 Å². The van der Waals surface area contributed by atoms with E-state index in [1.807, 2.05) is 12.1 Å². The third-order valence-corrected chi connectivity index (χ3v) is 5.91. The van der Waals surface area contributed by atoms with Crippen LogP contribution < -0.4 is 0 Å². The predicted octanol–water partition coefficient (Wildman–Crippen LogP) is 6.65. The minimum Gasteiger partial charge on any atom is -0.459 e. The minimum absolute atomic E-state index is 0.0234. The molecule has 0 aliphatic heterocycles. The molecular weight excluding hydrogens is 400 g/mol. The van der Waals surface area contributed by atoms with Crippen molar-refractivity contribution in [1.82, 2.24) is 0 Å². The lowest BCUT2D eigenvalue weighted by Gasteiger charge is -2.21. The number of esters is 2. The molecule has 0 aromatic heterocycles. The number of hydrogen-bond donors (Lipinski definition) is 0. The topological polar surface area (TPSA) is 52.6 Å². The quantitative estimate of drug-likeness (QED) is 0.391. The fourth-order valence-electron chi connectivity index (χ4n) is 4.17. The van der Waals surface area contributed by atoms with Crippen molar-refractivity contribution in [3.05, 3.63) is 72.8 Å². The zero-order chi connectivity index (χ0) is 22.4. The third-order valence-electron chi connectivity index (χ3n) is 5.91. The van der Waals surface area contributed by atoms with Crippen molar-refractivity contribution in [2.75, 3.05) is 0 Å². The zero-order valence-corrected chi connectivity index (χ0v) is 18.8. The van der Waals surface area contributed by atoms with Gasteiger partial charge < -0.3 is 9.47 Å². The van der Waals surface area contributed by atoms with Gasteiger partial charge in [-0.3, -0.25) is 0 Å². The Labute approximate surface area is 191 Å². The Bertz CT molecular complexity index is 761. The van der Waals surface area contributed by atoms with Gasteiger partial charge in [0, 0.05) is 12.2 Å². The van der Waals surface area contributed by atoms with Gasteiger partial charge in [0.15, 0.2) is 0 Å². The van der Waals surface area contributed by atoms with Crippen LogP contribution in [0.5, 0.6) is 0 Å². The van der Waals surface area contributed by atoms with Crippen molar-refractivity contribution in [3.63, 3.8) is 0 Å². The Morgan fingerprint density at radius 1 is 0.562 bits per heavy atom. The normalized spacial score (nSPS) is 17.2. The highest BCUT2D eigenvalue weighted by Crippen LogP contribution is 2.21. The fraction of sp³-hybridized carbons (Fsp3) is 0.429. The van der Waals surface area contributed by atoms with E-state index in [0.29, 0.717) is 0 Å². The highest BCUT2D eigenvalue weighted by Gasteiger charge is 2.18. The van der Waals surface area contributed by atoms with Crippen LogP contribution in [0, 0.1) is 0 Å². The van der Waals surface area contributed by atoms with E-state index in [1.54, 1.807) is 0 Å². The largest absolute Gasteiger partial charge is 0.459 e. The molecule has 0 atom stereocenters. The summed E-state index contributed by atoms with van der Waals surface area (Å²) < 4.78 is 10.6. The van der Waals surface area contributed by atoms with Crippen LogP contribution >= 0.6 is 0 Å². The van der Waals surface area contributed by atoms with Crippen LogP contribution in [0.2, 0.25) is 0 Å². The number of carbonyl (C=O) groups excluding carboxylic acids is 2. The summed E-state index contributed by atoms with van der Waals surface area (Å²) in [7, 11) is 0. The molecule has 0 spiro atoms. The number of carbonyl (C=O) groups is 2. The van der Waals surface area contributed by atoms with Crippen LogP contribution in [0.3, 0.4) is 0 Å². The van der Waals surface area contributed by atoms with E-state index < -0.39 is 11.9 Å². The Hall–Kier alpha value is -2.88. The molecule has 2 fully saturated rings. The second kappa shape index (κ2) is 13.5. The van der Waals surface area contributed by atoms with Gasteiger partial charge in [0.05, 0.1) is 0 Å². The minimum atomic E-state index is -0.433. The highest BCUT2D eigenvalue weighted by molar-refractivity contribution is 5.91. The Morgan fingerprint density at radius 2 is 0.906 bits per heavy atom. The second-order valence-electron chi connectivity index (χ2n) is 8.46. The molecule has 2 aromatic rings. The van der Waals surface area contributed by atoms with E-state index in [0.717, 1.165) is 51.4 Å². The molecule has 32 heavy (non-hydrogen) atoms. The third kappa shape index (κ3) is 8.70. The molecule has 0 amide bonds. The molecule has 4 heteroatoms. The molecule has 0 unspecified atom stereocenters. The van der Waals surface area contributed by atoms with Crippen LogP contribution in [0.25, 0.3) is 11.1 Å². The molecule has 2 aromatic carbocycles. The van der Waals surface area contributed by atoms with Gasteiger partial charge in [-0.2, -0.15) is 0 Å². The van der Waals surface area contributed by atoms with Gasteiger partial charge >= 0.3 is 11.9 Å². The fourth-order valence-corrected chi connectivity index (χ4v) is 4.17. The molecule has 2 aliphatic carbocycles. The Kier molecular flexibility index (Phi) is 10.0. The molecule has 2 aliphatic rings. The van der Waals surface area contributed by atoms with Crippen LogP contribution in [-0.2, 0) is 19.1 Å². The van der Waals surface area contributed by atoms with E-state index in [2.05, 4.69) is 48.5 Å². The lowest BCUT2D eigenvalue weighted by atomic mass is 9.98. The standard InChI is InChI=1S/C16H24O4.C12H10/c17-15(19-13-7-3-1-4-8-13)11-12-16(18)20-14-9-5-2-6-10-14;1-3-7-11(8-4-1)12-9-5-2-6-10-12/h11-14H,1-10H2;1-10H/b12-11-;. The second-order valence-corrected chi connectivity index (χ2v) is 8.46. The molecule has 0 N–H and O–H groups in total. The van der Waals surface area contributed by atoms with Crippen molar-refractivity contribution in [2.45, 2.75) is 76.4 Å². The summed E-state index contributed by atoms with van der Waals surface area (Å²) in [5.41, 5.74) is 2.55. The van der Waals surface area contributed by atoms with Gasteiger partial charge in [-0.15, -0.1) is 0 Å². The molecule has 0 heterocycles. The van der Waals surface area contributed by atoms with Gasteiger partial charge in [-0.05, 0) is 62.5 Å². The first-order chi connectivity index (χ1) is 15.7. The van der Waals surface area contributed by atoms with Crippen molar-refractivity contribution in [2.24, 2.45) is 0 Å². The average Bonchev–Trinajstić information content (AvgIpc) is 2.86. The monoisotopic (exact) mass is 434 g/mol. The summed E-state index contributed by atoms with van der Waals surface area (Å²) in [5, 5.41) is 0. The van der Waals surface area contributed by atoms with Crippen LogP contribution in [0.1, 0.15) is 64.2 Å². The van der Waals surface area contributed by atoms with Gasteiger partial charge in [0.25, 0.3) is 0 Å². The Balaban J connectivity index is 0.000000204. The maximum atomic E-state index is 11.6. The summed E-state index contributed by atoms with van der Waals surface area (Å²) in [6, 6.07) is 20.8. The van der Waals surface area contributed by atoms with Crippen molar-refractivity contribution < 1.29 is 19.1 Å². The summed E-state index contributed by atoms with van der Waals surface area (Å²) >= 11 is 0. The first-order valence-corrected chi connectivity index (χ1v) is 11.9. The maximum Gasteiger partial charge on any atom is 0.331 e. The number of hydrogen-bond acceptors (Lipinski definition) is 4. The summed E-state index contributed by atoms with van der Waals surface area (Å²) in [6.07, 6.45) is 13.1. The number of benzene rings is 2. The molecular formula is C28H34O4. The van der Waals surface area contributed by atoms with E-state index in [9.17, 15) is 9.59 Å². The average molecular weight is 435 g/mol. The van der Waals surface area contributed by atoms with Crippen molar-refractivity contribution in [3.8, 4) is 11.1 Å². The molecule has 0 radical (unpaired) electrons. The van der Waals surface area contributed by atoms with E-state index in [4.69, 9.17) is 9.47 Å². The number of ether oxygens (including phenoxy) is 2.